The monoisotopic (exact) mass is 401 g/mol. The molecule has 2 aromatic rings. The first kappa shape index (κ1) is 21.9. The molecule has 0 radical (unpaired) electrons. The average Bonchev–Trinajstić information content (AvgIpc) is 2.69. The fraction of sp³-hybridized carbons (Fsp3) is 0.364. The van der Waals surface area contributed by atoms with E-state index in [9.17, 15) is 9.59 Å². The van der Waals surface area contributed by atoms with E-state index in [1.165, 1.54) is 0 Å². The number of amides is 2. The molecule has 6 heteroatoms. The summed E-state index contributed by atoms with van der Waals surface area (Å²) in [6, 6.07) is 16.5. The van der Waals surface area contributed by atoms with Crippen LogP contribution in [-0.4, -0.2) is 36.3 Å². The van der Waals surface area contributed by atoms with Gasteiger partial charge in [-0.1, -0.05) is 67.4 Å². The molecular formula is C22H28ClN3O2. The summed E-state index contributed by atoms with van der Waals surface area (Å²) in [6.45, 7) is 3.98. The molecule has 0 saturated heterocycles. The summed E-state index contributed by atoms with van der Waals surface area (Å²) < 4.78 is 0. The summed E-state index contributed by atoms with van der Waals surface area (Å²) >= 11 is 6.07. The third-order valence-electron chi connectivity index (χ3n) is 4.68. The van der Waals surface area contributed by atoms with Crippen molar-refractivity contribution < 1.29 is 9.59 Å². The molecule has 0 aliphatic rings. The Hall–Kier alpha value is -2.37. The maximum Gasteiger partial charge on any atom is 0.238 e. The van der Waals surface area contributed by atoms with E-state index in [1.807, 2.05) is 30.3 Å². The van der Waals surface area contributed by atoms with Crippen LogP contribution in [0.1, 0.15) is 38.3 Å². The maximum atomic E-state index is 12.7. The lowest BCUT2D eigenvalue weighted by Crippen LogP contribution is -2.46. The Bertz CT molecular complexity index is 782. The molecule has 0 aliphatic carbocycles. The van der Waals surface area contributed by atoms with E-state index in [2.05, 4.69) is 17.6 Å². The Morgan fingerprint density at radius 1 is 1.07 bits per heavy atom. The van der Waals surface area contributed by atoms with Crippen molar-refractivity contribution in [3.05, 3.63) is 65.2 Å². The van der Waals surface area contributed by atoms with E-state index < -0.39 is 6.04 Å². The third kappa shape index (κ3) is 6.36. The lowest BCUT2D eigenvalue weighted by molar-refractivity contribution is -0.127. The molecule has 0 unspecified atom stereocenters. The van der Waals surface area contributed by atoms with E-state index in [0.29, 0.717) is 10.7 Å². The minimum absolute atomic E-state index is 0.0356. The van der Waals surface area contributed by atoms with Crippen LogP contribution in [0.4, 0.5) is 5.69 Å². The molecule has 0 heterocycles. The van der Waals surface area contributed by atoms with Gasteiger partial charge in [0.15, 0.2) is 0 Å². The van der Waals surface area contributed by atoms with Gasteiger partial charge in [-0.2, -0.15) is 0 Å². The molecule has 0 aliphatic heterocycles. The third-order valence-corrected chi connectivity index (χ3v) is 5.01. The minimum atomic E-state index is -0.444. The fourth-order valence-corrected chi connectivity index (χ4v) is 3.09. The van der Waals surface area contributed by atoms with Gasteiger partial charge in [0.1, 0.15) is 0 Å². The summed E-state index contributed by atoms with van der Waals surface area (Å²) in [5, 5.41) is 6.37. The number of carbonyl (C=O) groups is 2. The van der Waals surface area contributed by atoms with Gasteiger partial charge < -0.3 is 10.6 Å². The standard InChI is InChI=1S/C22H28ClN3O2/c1-4-10-19(17-11-6-5-7-12-17)25-22(28)16(2)26(3)15-21(27)24-20-14-9-8-13-18(20)23/h5-9,11-14,16,19H,4,10,15H2,1-3H3,(H,24,27)(H,25,28)/t16-,19+/m1/s1. The van der Waals surface area contributed by atoms with E-state index in [1.54, 1.807) is 43.1 Å². The SMILES string of the molecule is CCC[C@H](NC(=O)[C@@H](C)N(C)CC(=O)Nc1ccccc1Cl)c1ccccc1. The van der Waals surface area contributed by atoms with Gasteiger partial charge in [0.05, 0.1) is 29.3 Å². The van der Waals surface area contributed by atoms with Gasteiger partial charge in [0.25, 0.3) is 0 Å². The van der Waals surface area contributed by atoms with Gasteiger partial charge >= 0.3 is 0 Å². The highest BCUT2D eigenvalue weighted by Crippen LogP contribution is 2.21. The van der Waals surface area contributed by atoms with Gasteiger partial charge in [0, 0.05) is 0 Å². The predicted molar refractivity (Wildman–Crippen MR) is 114 cm³/mol. The molecule has 2 aromatic carbocycles. The topological polar surface area (TPSA) is 61.4 Å². The van der Waals surface area contributed by atoms with Crippen LogP contribution in [0.25, 0.3) is 0 Å². The number of benzene rings is 2. The Labute approximate surface area is 172 Å². The minimum Gasteiger partial charge on any atom is -0.348 e. The highest BCUT2D eigenvalue weighted by Gasteiger charge is 2.23. The molecular weight excluding hydrogens is 374 g/mol. The van der Waals surface area contributed by atoms with Gasteiger partial charge in [-0.15, -0.1) is 0 Å². The molecule has 28 heavy (non-hydrogen) atoms. The summed E-state index contributed by atoms with van der Waals surface area (Å²) in [6.07, 6.45) is 1.82. The van der Waals surface area contributed by atoms with Crippen molar-refractivity contribution in [2.75, 3.05) is 18.9 Å². The number of halogens is 1. The summed E-state index contributed by atoms with van der Waals surface area (Å²) in [7, 11) is 1.76. The number of nitrogens with zero attached hydrogens (tertiary/aromatic N) is 1. The number of hydrogen-bond donors (Lipinski definition) is 2. The smallest absolute Gasteiger partial charge is 0.238 e. The zero-order chi connectivity index (χ0) is 20.5. The summed E-state index contributed by atoms with van der Waals surface area (Å²) in [5.41, 5.74) is 1.65. The number of hydrogen-bond acceptors (Lipinski definition) is 3. The lowest BCUT2D eigenvalue weighted by Gasteiger charge is -2.26. The van der Waals surface area contributed by atoms with Crippen molar-refractivity contribution >= 4 is 29.1 Å². The largest absolute Gasteiger partial charge is 0.348 e. The van der Waals surface area contributed by atoms with Crippen LogP contribution in [0.2, 0.25) is 5.02 Å². The number of rotatable bonds is 9. The first-order valence-electron chi connectivity index (χ1n) is 9.52. The Morgan fingerprint density at radius 2 is 1.71 bits per heavy atom. The normalized spacial score (nSPS) is 13.0. The van der Waals surface area contributed by atoms with E-state index >= 15 is 0 Å². The van der Waals surface area contributed by atoms with E-state index in [0.717, 1.165) is 18.4 Å². The second-order valence-electron chi connectivity index (χ2n) is 6.88. The van der Waals surface area contributed by atoms with Gasteiger partial charge in [0.2, 0.25) is 11.8 Å². The summed E-state index contributed by atoms with van der Waals surface area (Å²) in [4.78, 5) is 26.8. The summed E-state index contributed by atoms with van der Waals surface area (Å²) in [5.74, 6) is -0.321. The molecule has 0 bridgehead atoms. The molecule has 0 fully saturated rings. The zero-order valence-corrected chi connectivity index (χ0v) is 17.4. The predicted octanol–water partition coefficient (Wildman–Crippen LogP) is 4.26. The number of carbonyl (C=O) groups excluding carboxylic acids is 2. The van der Waals surface area contributed by atoms with Crippen LogP contribution < -0.4 is 10.6 Å². The average molecular weight is 402 g/mol. The first-order valence-corrected chi connectivity index (χ1v) is 9.90. The molecule has 2 amide bonds. The van der Waals surface area contributed by atoms with Crippen LogP contribution >= 0.6 is 11.6 Å². The highest BCUT2D eigenvalue weighted by molar-refractivity contribution is 6.33. The van der Waals surface area contributed by atoms with Crippen LogP contribution in [-0.2, 0) is 9.59 Å². The van der Waals surface area contributed by atoms with E-state index in [4.69, 9.17) is 11.6 Å². The van der Waals surface area contributed by atoms with Crippen molar-refractivity contribution in [3.63, 3.8) is 0 Å². The number of likely N-dealkylation sites (N-methyl/N-ethyl adjacent to an activating group) is 1. The second kappa shape index (κ2) is 10.8. The second-order valence-corrected chi connectivity index (χ2v) is 7.29. The van der Waals surface area contributed by atoms with E-state index in [-0.39, 0.29) is 24.4 Å². The molecule has 5 nitrogen and oxygen atoms in total. The number of para-hydroxylation sites is 1. The molecule has 0 saturated carbocycles. The molecule has 150 valence electrons. The van der Waals surface area contributed by atoms with Crippen molar-refractivity contribution in [3.8, 4) is 0 Å². The van der Waals surface area contributed by atoms with Gasteiger partial charge in [-0.05, 0) is 38.1 Å². The maximum absolute atomic E-state index is 12.7. The van der Waals surface area contributed by atoms with Crippen LogP contribution in [0.5, 0.6) is 0 Å². The molecule has 2 N–H and O–H groups in total. The molecule has 2 rings (SSSR count). The Kier molecular flexibility index (Phi) is 8.48. The number of anilines is 1. The quantitative estimate of drug-likeness (QED) is 0.660. The first-order chi connectivity index (χ1) is 13.4. The van der Waals surface area contributed by atoms with Crippen LogP contribution in [0, 0.1) is 0 Å². The van der Waals surface area contributed by atoms with Crippen LogP contribution in [0.15, 0.2) is 54.6 Å². The van der Waals surface area contributed by atoms with Crippen molar-refractivity contribution in [2.24, 2.45) is 0 Å². The molecule has 0 aromatic heterocycles. The Balaban J connectivity index is 1.93. The van der Waals surface area contributed by atoms with Crippen molar-refractivity contribution in [2.45, 2.75) is 38.8 Å². The lowest BCUT2D eigenvalue weighted by atomic mass is 10.0. The van der Waals surface area contributed by atoms with Crippen LogP contribution in [0.3, 0.4) is 0 Å². The van der Waals surface area contributed by atoms with Crippen molar-refractivity contribution in [1.29, 1.82) is 0 Å². The van der Waals surface area contributed by atoms with Crippen molar-refractivity contribution in [1.82, 2.24) is 10.2 Å². The number of nitrogens with one attached hydrogen (secondary N) is 2. The highest BCUT2D eigenvalue weighted by atomic mass is 35.5. The fourth-order valence-electron chi connectivity index (χ4n) is 2.90. The van der Waals surface area contributed by atoms with Gasteiger partial charge in [-0.25, -0.2) is 0 Å². The molecule has 2 atom stereocenters. The zero-order valence-electron chi connectivity index (χ0n) is 16.6. The Morgan fingerprint density at radius 3 is 2.36 bits per heavy atom. The molecule has 0 spiro atoms. The van der Waals surface area contributed by atoms with Gasteiger partial charge in [-0.3, -0.25) is 14.5 Å².